The van der Waals surface area contributed by atoms with Crippen molar-refractivity contribution < 1.29 is 12.8 Å². The van der Waals surface area contributed by atoms with Gasteiger partial charge in [0.25, 0.3) is 10.0 Å². The van der Waals surface area contributed by atoms with Gasteiger partial charge in [-0.2, -0.15) is 5.10 Å². The van der Waals surface area contributed by atoms with Crippen molar-refractivity contribution in [2.24, 2.45) is 0 Å². The van der Waals surface area contributed by atoms with Crippen LogP contribution >= 0.6 is 0 Å². The van der Waals surface area contributed by atoms with Gasteiger partial charge < -0.3 is 4.42 Å². The molecule has 0 amide bonds. The van der Waals surface area contributed by atoms with E-state index in [0.717, 1.165) is 12.8 Å². The van der Waals surface area contributed by atoms with Crippen molar-refractivity contribution in [2.45, 2.75) is 38.1 Å². The molecule has 0 radical (unpaired) electrons. The number of aryl methyl sites for hydroxylation is 2. The summed E-state index contributed by atoms with van der Waals surface area (Å²) in [5.41, 5.74) is 0.799. The summed E-state index contributed by atoms with van der Waals surface area (Å²) in [6, 6.07) is 7.62. The second-order valence-corrected chi connectivity index (χ2v) is 7.46. The largest absolute Gasteiger partial charge is 0.423 e. The quantitative estimate of drug-likeness (QED) is 0.681. The maximum atomic E-state index is 12.7. The molecule has 3 rings (SSSR count). The van der Waals surface area contributed by atoms with E-state index >= 15 is 0 Å². The monoisotopic (exact) mass is 361 g/mol. The number of benzene rings is 1. The summed E-state index contributed by atoms with van der Waals surface area (Å²) in [6.07, 6.45) is 3.49. The molecule has 0 spiro atoms. The first-order valence-electron chi connectivity index (χ1n) is 8.00. The Morgan fingerprint density at radius 2 is 2.04 bits per heavy atom. The number of anilines is 1. The minimum Gasteiger partial charge on any atom is -0.423 e. The normalized spacial score (nSPS) is 11.8. The molecule has 0 fully saturated rings. The van der Waals surface area contributed by atoms with E-state index in [1.807, 2.05) is 0 Å². The zero-order chi connectivity index (χ0) is 18.0. The minimum absolute atomic E-state index is 0.156. The molecule has 3 aromatic rings. The van der Waals surface area contributed by atoms with Gasteiger partial charge >= 0.3 is 5.63 Å². The zero-order valence-electron chi connectivity index (χ0n) is 14.0. The number of rotatable bonds is 6. The molecule has 0 bridgehead atoms. The highest BCUT2D eigenvalue weighted by molar-refractivity contribution is 7.92. The molecule has 25 heavy (non-hydrogen) atoms. The average molecular weight is 361 g/mol. The van der Waals surface area contributed by atoms with Crippen molar-refractivity contribution in [3.05, 3.63) is 52.6 Å². The molecule has 0 atom stereocenters. The summed E-state index contributed by atoms with van der Waals surface area (Å²) < 4.78 is 34.6. The van der Waals surface area contributed by atoms with Crippen molar-refractivity contribution in [1.29, 1.82) is 0 Å². The van der Waals surface area contributed by atoms with Gasteiger partial charge in [0, 0.05) is 29.9 Å². The molecule has 1 N–H and O–H groups in total. The van der Waals surface area contributed by atoms with Crippen LogP contribution in [0.2, 0.25) is 0 Å². The van der Waals surface area contributed by atoms with E-state index in [2.05, 4.69) is 16.7 Å². The van der Waals surface area contributed by atoms with E-state index in [9.17, 15) is 13.2 Å². The topological polar surface area (TPSA) is 94.2 Å². The summed E-state index contributed by atoms with van der Waals surface area (Å²) >= 11 is 0. The van der Waals surface area contributed by atoms with Crippen molar-refractivity contribution in [2.75, 3.05) is 4.72 Å². The van der Waals surface area contributed by atoms with E-state index in [1.54, 1.807) is 42.1 Å². The zero-order valence-corrected chi connectivity index (χ0v) is 14.8. The molecule has 1 aromatic carbocycles. The van der Waals surface area contributed by atoms with Crippen LogP contribution in [0.4, 0.5) is 5.69 Å². The second kappa shape index (κ2) is 6.72. The highest BCUT2D eigenvalue weighted by atomic mass is 32.2. The van der Waals surface area contributed by atoms with Crippen molar-refractivity contribution in [3.63, 3.8) is 0 Å². The number of fused-ring (bicyclic) bond motifs is 1. The van der Waals surface area contributed by atoms with E-state index in [-0.39, 0.29) is 4.90 Å². The summed E-state index contributed by atoms with van der Waals surface area (Å²) in [7, 11) is -3.75. The minimum atomic E-state index is -3.75. The Morgan fingerprint density at radius 3 is 2.80 bits per heavy atom. The van der Waals surface area contributed by atoms with Crippen LogP contribution in [0, 0.1) is 6.92 Å². The second-order valence-electron chi connectivity index (χ2n) is 5.81. The highest BCUT2D eigenvalue weighted by Crippen LogP contribution is 2.22. The third-order valence-corrected chi connectivity index (χ3v) is 5.29. The fraction of sp³-hybridized carbons (Fsp3) is 0.294. The van der Waals surface area contributed by atoms with E-state index in [0.29, 0.717) is 28.9 Å². The van der Waals surface area contributed by atoms with E-state index in [4.69, 9.17) is 4.42 Å². The van der Waals surface area contributed by atoms with Crippen molar-refractivity contribution >= 4 is 26.7 Å². The molecule has 0 saturated heterocycles. The van der Waals surface area contributed by atoms with Gasteiger partial charge in [0.05, 0.1) is 5.69 Å². The first-order valence-corrected chi connectivity index (χ1v) is 9.48. The summed E-state index contributed by atoms with van der Waals surface area (Å²) in [5, 5.41) is 4.90. The van der Waals surface area contributed by atoms with Crippen LogP contribution in [0.5, 0.6) is 0 Å². The van der Waals surface area contributed by atoms with E-state index < -0.39 is 15.6 Å². The van der Waals surface area contributed by atoms with Crippen LogP contribution in [-0.2, 0) is 16.6 Å². The fourth-order valence-corrected chi connectivity index (χ4v) is 3.78. The number of hydrogen-bond donors (Lipinski definition) is 1. The molecule has 0 unspecified atom stereocenters. The maximum absolute atomic E-state index is 12.7. The van der Waals surface area contributed by atoms with Gasteiger partial charge in [0.1, 0.15) is 10.5 Å². The number of nitrogens with zero attached hydrogens (tertiary/aromatic N) is 2. The predicted octanol–water partition coefficient (Wildman–Crippen LogP) is 2.90. The van der Waals surface area contributed by atoms with Crippen LogP contribution in [0.15, 0.2) is 50.6 Å². The van der Waals surface area contributed by atoms with Gasteiger partial charge in [-0.15, -0.1) is 0 Å². The lowest BCUT2D eigenvalue weighted by Gasteiger charge is -2.07. The molecule has 0 aliphatic carbocycles. The first kappa shape index (κ1) is 17.2. The third kappa shape index (κ3) is 3.74. The van der Waals surface area contributed by atoms with Crippen LogP contribution in [0.1, 0.15) is 25.5 Å². The van der Waals surface area contributed by atoms with Gasteiger partial charge in [-0.05, 0) is 37.6 Å². The summed E-state index contributed by atoms with van der Waals surface area (Å²) in [6.45, 7) is 4.42. The number of nitrogens with one attached hydrogen (secondary N) is 1. The molecular formula is C17H19N3O4S. The van der Waals surface area contributed by atoms with Gasteiger partial charge in [-0.1, -0.05) is 13.3 Å². The maximum Gasteiger partial charge on any atom is 0.336 e. The highest BCUT2D eigenvalue weighted by Gasteiger charge is 2.20. The molecule has 2 aromatic heterocycles. The molecular weight excluding hydrogens is 342 g/mol. The third-order valence-electron chi connectivity index (χ3n) is 3.80. The van der Waals surface area contributed by atoms with Gasteiger partial charge in [-0.25, -0.2) is 13.2 Å². The number of unbranched alkanes of at least 4 members (excludes halogenated alkanes) is 1. The number of aromatic nitrogens is 2. The van der Waals surface area contributed by atoms with Gasteiger partial charge in [0.15, 0.2) is 0 Å². The Morgan fingerprint density at radius 1 is 1.24 bits per heavy atom. The number of hydrogen-bond acceptors (Lipinski definition) is 5. The molecule has 132 valence electrons. The van der Waals surface area contributed by atoms with Crippen LogP contribution in [0.3, 0.4) is 0 Å². The smallest absolute Gasteiger partial charge is 0.336 e. The summed E-state index contributed by atoms with van der Waals surface area (Å²) in [5.74, 6) is 0. The van der Waals surface area contributed by atoms with Crippen LogP contribution in [0.25, 0.3) is 11.0 Å². The summed E-state index contributed by atoms with van der Waals surface area (Å²) in [4.78, 5) is 11.4. The predicted molar refractivity (Wildman–Crippen MR) is 95.2 cm³/mol. The standard InChI is InChI=1S/C17H19N3O4S/c1-3-4-9-20-11-16(12(2)18-20)25(22,23)19-14-6-7-15-13(10-14)5-8-17(21)24-15/h5-8,10-11,19H,3-4,9H2,1-2H3. The number of sulfonamides is 1. The van der Waals surface area contributed by atoms with Crippen molar-refractivity contribution in [3.8, 4) is 0 Å². The Kier molecular flexibility index (Phi) is 4.63. The Balaban J connectivity index is 1.89. The van der Waals surface area contributed by atoms with Crippen LogP contribution < -0.4 is 10.3 Å². The Hall–Kier alpha value is -2.61. The average Bonchev–Trinajstić information content (AvgIpc) is 2.94. The lowest BCUT2D eigenvalue weighted by atomic mass is 10.2. The van der Waals surface area contributed by atoms with Crippen molar-refractivity contribution in [1.82, 2.24) is 9.78 Å². The fourth-order valence-electron chi connectivity index (χ4n) is 2.54. The Bertz CT molecular complexity index is 1070. The molecule has 2 heterocycles. The SMILES string of the molecule is CCCCn1cc(S(=O)(=O)Nc2ccc3oc(=O)ccc3c2)c(C)n1. The molecule has 0 saturated carbocycles. The van der Waals surface area contributed by atoms with Gasteiger partial charge in [0.2, 0.25) is 0 Å². The molecule has 0 aliphatic heterocycles. The van der Waals surface area contributed by atoms with Crippen LogP contribution in [-0.4, -0.2) is 18.2 Å². The van der Waals surface area contributed by atoms with Gasteiger partial charge in [-0.3, -0.25) is 9.40 Å². The first-order chi connectivity index (χ1) is 11.9. The lowest BCUT2D eigenvalue weighted by Crippen LogP contribution is -2.13. The molecule has 0 aliphatic rings. The molecule has 7 nitrogen and oxygen atoms in total. The lowest BCUT2D eigenvalue weighted by molar-refractivity contribution is 0.561. The van der Waals surface area contributed by atoms with E-state index in [1.165, 1.54) is 6.07 Å². The molecule has 8 heteroatoms. The Labute approximate surface area is 145 Å².